The molecule has 3 aromatic carbocycles. The molecule has 36 heavy (non-hydrogen) atoms. The minimum Gasteiger partial charge on any atom is -0.490 e. The van der Waals surface area contributed by atoms with Crippen LogP contribution >= 0.6 is 11.6 Å². The second-order valence-corrected chi connectivity index (χ2v) is 8.23. The zero-order chi connectivity index (χ0) is 25.7. The van der Waals surface area contributed by atoms with Crippen molar-refractivity contribution in [3.05, 3.63) is 99.5 Å². The molecule has 0 radical (unpaired) electrons. The maximum absolute atomic E-state index is 13.2. The number of nitrogens with zero attached hydrogens (tertiary/aromatic N) is 2. The Morgan fingerprint density at radius 1 is 1.11 bits per heavy atom. The van der Waals surface area contributed by atoms with Crippen molar-refractivity contribution in [3.8, 4) is 17.6 Å². The molecule has 3 aromatic rings. The summed E-state index contributed by atoms with van der Waals surface area (Å²) in [7, 11) is 0. The summed E-state index contributed by atoms with van der Waals surface area (Å²) in [4.78, 5) is 26.3. The minimum absolute atomic E-state index is 0.00415. The molecular weight excluding hydrogens is 485 g/mol. The van der Waals surface area contributed by atoms with Crippen LogP contribution in [-0.2, 0) is 17.9 Å². The van der Waals surface area contributed by atoms with Gasteiger partial charge in [0.05, 0.1) is 29.8 Å². The zero-order valence-electron chi connectivity index (χ0n) is 19.3. The first-order valence-corrected chi connectivity index (χ1v) is 11.4. The number of hydrogen-bond donors (Lipinski definition) is 1. The second kappa shape index (κ2) is 10.9. The van der Waals surface area contributed by atoms with Crippen molar-refractivity contribution in [1.82, 2.24) is 10.2 Å². The Hall–Kier alpha value is -4.35. The van der Waals surface area contributed by atoms with Gasteiger partial charge in [0.2, 0.25) is 0 Å². The first-order valence-electron chi connectivity index (χ1n) is 11.1. The Morgan fingerprint density at radius 3 is 2.58 bits per heavy atom. The van der Waals surface area contributed by atoms with Gasteiger partial charge in [0.1, 0.15) is 18.1 Å². The second-order valence-electron chi connectivity index (χ2n) is 7.83. The Morgan fingerprint density at radius 2 is 1.86 bits per heavy atom. The Kier molecular flexibility index (Phi) is 7.52. The number of ether oxygens (including phenoxy) is 2. The zero-order valence-corrected chi connectivity index (χ0v) is 20.0. The molecule has 0 bridgehead atoms. The number of benzene rings is 3. The highest BCUT2D eigenvalue weighted by atomic mass is 35.5. The number of carbonyl (C=O) groups is 2. The number of halogens is 2. The average Bonchev–Trinajstić information content (AvgIpc) is 3.12. The van der Waals surface area contributed by atoms with E-state index in [0.717, 1.165) is 4.90 Å². The Balaban J connectivity index is 1.56. The summed E-state index contributed by atoms with van der Waals surface area (Å²) < 4.78 is 24.8. The molecule has 4 rings (SSSR count). The molecule has 1 N–H and O–H groups in total. The van der Waals surface area contributed by atoms with Crippen LogP contribution in [0.5, 0.6) is 11.5 Å². The lowest BCUT2D eigenvalue weighted by atomic mass is 10.1. The molecule has 1 aliphatic heterocycles. The molecular formula is C27H21ClFN3O4. The highest BCUT2D eigenvalue weighted by Crippen LogP contribution is 2.38. The van der Waals surface area contributed by atoms with Gasteiger partial charge in [-0.25, -0.2) is 9.18 Å². The van der Waals surface area contributed by atoms with Gasteiger partial charge in [-0.1, -0.05) is 41.9 Å². The van der Waals surface area contributed by atoms with Crippen LogP contribution in [0, 0.1) is 17.1 Å². The molecule has 0 spiro atoms. The number of amides is 3. The van der Waals surface area contributed by atoms with E-state index in [1.165, 1.54) is 30.3 Å². The molecule has 9 heteroatoms. The maximum atomic E-state index is 13.2. The fraction of sp³-hybridized carbons (Fsp3) is 0.148. The summed E-state index contributed by atoms with van der Waals surface area (Å²) in [5.74, 6) is -0.272. The molecule has 7 nitrogen and oxygen atoms in total. The number of nitriles is 1. The van der Waals surface area contributed by atoms with Crippen LogP contribution in [0.15, 0.2) is 66.4 Å². The molecule has 0 aliphatic carbocycles. The largest absolute Gasteiger partial charge is 0.490 e. The van der Waals surface area contributed by atoms with Crippen LogP contribution in [0.25, 0.3) is 6.08 Å². The monoisotopic (exact) mass is 505 g/mol. The summed E-state index contributed by atoms with van der Waals surface area (Å²) in [5.41, 5.74) is 2.39. The minimum atomic E-state index is -0.581. The molecule has 182 valence electrons. The quantitative estimate of drug-likeness (QED) is 0.326. The van der Waals surface area contributed by atoms with Crippen LogP contribution in [0.1, 0.15) is 29.2 Å². The van der Waals surface area contributed by atoms with Crippen LogP contribution in [0.3, 0.4) is 0 Å². The molecule has 0 aromatic heterocycles. The van der Waals surface area contributed by atoms with E-state index in [9.17, 15) is 19.2 Å². The van der Waals surface area contributed by atoms with Gasteiger partial charge in [-0.2, -0.15) is 5.26 Å². The van der Waals surface area contributed by atoms with E-state index >= 15 is 0 Å². The van der Waals surface area contributed by atoms with Gasteiger partial charge >= 0.3 is 6.03 Å². The molecule has 0 saturated carbocycles. The van der Waals surface area contributed by atoms with E-state index in [1.54, 1.807) is 30.3 Å². The number of urea groups is 1. The first kappa shape index (κ1) is 24.8. The fourth-order valence-corrected chi connectivity index (χ4v) is 3.91. The van der Waals surface area contributed by atoms with E-state index in [4.69, 9.17) is 21.1 Å². The lowest BCUT2D eigenvalue weighted by Gasteiger charge is -2.15. The third kappa shape index (κ3) is 5.48. The topological polar surface area (TPSA) is 91.7 Å². The number of nitrogens with one attached hydrogen (secondary N) is 1. The maximum Gasteiger partial charge on any atom is 0.329 e. The lowest BCUT2D eigenvalue weighted by Crippen LogP contribution is -2.30. The standard InChI is InChI=1S/C27H21ClFN3O4/c1-2-35-24-13-18(11-22(28)25(24)36-16-20-6-4-3-5-19(20)14-30)12-23-26(33)32(27(34)31-23)15-17-7-9-21(29)10-8-17/h3-13H,2,15-16H2,1H3,(H,31,34). The smallest absolute Gasteiger partial charge is 0.329 e. The Bertz CT molecular complexity index is 1380. The molecule has 0 unspecified atom stereocenters. The van der Waals surface area contributed by atoms with Crippen molar-refractivity contribution in [2.45, 2.75) is 20.1 Å². The number of rotatable bonds is 8. The van der Waals surface area contributed by atoms with Crippen molar-refractivity contribution >= 4 is 29.6 Å². The summed E-state index contributed by atoms with van der Waals surface area (Å²) in [6, 6.07) is 17.4. The molecule has 1 heterocycles. The van der Waals surface area contributed by atoms with Crippen molar-refractivity contribution in [2.24, 2.45) is 0 Å². The summed E-state index contributed by atoms with van der Waals surface area (Å²) in [5, 5.41) is 12.1. The van der Waals surface area contributed by atoms with Gasteiger partial charge in [-0.3, -0.25) is 9.69 Å². The third-order valence-electron chi connectivity index (χ3n) is 5.37. The van der Waals surface area contributed by atoms with Crippen molar-refractivity contribution in [1.29, 1.82) is 5.26 Å². The normalized spacial score (nSPS) is 14.1. The molecule has 1 aliphatic rings. The predicted molar refractivity (Wildman–Crippen MR) is 132 cm³/mol. The summed E-state index contributed by atoms with van der Waals surface area (Å²) in [6.07, 6.45) is 1.49. The molecule has 0 atom stereocenters. The van der Waals surface area contributed by atoms with E-state index in [0.29, 0.717) is 40.4 Å². The fourth-order valence-electron chi connectivity index (χ4n) is 3.63. The third-order valence-corrected chi connectivity index (χ3v) is 5.65. The van der Waals surface area contributed by atoms with Gasteiger partial charge in [0.25, 0.3) is 5.91 Å². The first-order chi connectivity index (χ1) is 17.4. The number of imide groups is 1. The van der Waals surface area contributed by atoms with Gasteiger partial charge in [0, 0.05) is 5.56 Å². The number of carbonyl (C=O) groups excluding carboxylic acids is 2. The van der Waals surface area contributed by atoms with Crippen molar-refractivity contribution < 1.29 is 23.5 Å². The summed E-state index contributed by atoms with van der Waals surface area (Å²) in [6.45, 7) is 2.26. The van der Waals surface area contributed by atoms with E-state index in [1.807, 2.05) is 13.0 Å². The SMILES string of the molecule is CCOc1cc(C=C2NC(=O)N(Cc3ccc(F)cc3)C2=O)cc(Cl)c1OCc1ccccc1C#N. The molecule has 3 amide bonds. The average molecular weight is 506 g/mol. The van der Waals surface area contributed by atoms with Crippen LogP contribution in [0.4, 0.5) is 9.18 Å². The van der Waals surface area contributed by atoms with E-state index < -0.39 is 17.8 Å². The highest BCUT2D eigenvalue weighted by Gasteiger charge is 2.33. The highest BCUT2D eigenvalue weighted by molar-refractivity contribution is 6.32. The van der Waals surface area contributed by atoms with Crippen LogP contribution < -0.4 is 14.8 Å². The molecule has 1 saturated heterocycles. The lowest BCUT2D eigenvalue weighted by molar-refractivity contribution is -0.123. The van der Waals surface area contributed by atoms with Crippen LogP contribution in [0.2, 0.25) is 5.02 Å². The van der Waals surface area contributed by atoms with Crippen molar-refractivity contribution in [3.63, 3.8) is 0 Å². The Labute approximate surface area is 212 Å². The van der Waals surface area contributed by atoms with Crippen molar-refractivity contribution in [2.75, 3.05) is 6.61 Å². The van der Waals surface area contributed by atoms with E-state index in [-0.39, 0.29) is 23.9 Å². The van der Waals surface area contributed by atoms with Gasteiger partial charge in [-0.15, -0.1) is 0 Å². The van der Waals surface area contributed by atoms with E-state index in [2.05, 4.69) is 11.4 Å². The van der Waals surface area contributed by atoms with Gasteiger partial charge in [-0.05, 0) is 54.5 Å². The summed E-state index contributed by atoms with van der Waals surface area (Å²) >= 11 is 6.50. The predicted octanol–water partition coefficient (Wildman–Crippen LogP) is 5.42. The molecule has 1 fully saturated rings. The number of hydrogen-bond acceptors (Lipinski definition) is 5. The van der Waals surface area contributed by atoms with Crippen LogP contribution in [-0.4, -0.2) is 23.4 Å². The van der Waals surface area contributed by atoms with Gasteiger partial charge in [0.15, 0.2) is 11.5 Å². The van der Waals surface area contributed by atoms with Gasteiger partial charge < -0.3 is 14.8 Å².